The van der Waals surface area contributed by atoms with Crippen LogP contribution in [-0.2, 0) is 4.79 Å². The first-order valence-corrected chi connectivity index (χ1v) is 11.0. The zero-order chi connectivity index (χ0) is 23.5. The second-order valence-electron chi connectivity index (χ2n) is 8.28. The molecule has 0 amide bonds. The van der Waals surface area contributed by atoms with Gasteiger partial charge in [-0.2, -0.15) is 4.98 Å². The summed E-state index contributed by atoms with van der Waals surface area (Å²) in [6.07, 6.45) is 8.14. The van der Waals surface area contributed by atoms with E-state index in [0.29, 0.717) is 22.4 Å². The molecule has 3 heterocycles. The molecule has 34 heavy (non-hydrogen) atoms. The molecule has 1 saturated carbocycles. The van der Waals surface area contributed by atoms with Crippen LogP contribution in [0.3, 0.4) is 0 Å². The van der Waals surface area contributed by atoms with Gasteiger partial charge in [0.05, 0.1) is 5.69 Å². The summed E-state index contributed by atoms with van der Waals surface area (Å²) in [6, 6.07) is 8.60. The van der Waals surface area contributed by atoms with Crippen LogP contribution in [0.5, 0.6) is 6.01 Å². The van der Waals surface area contributed by atoms with E-state index in [1.165, 1.54) is 6.07 Å². The van der Waals surface area contributed by atoms with Crippen LogP contribution >= 0.6 is 0 Å². The Morgan fingerprint density at radius 2 is 1.91 bits per heavy atom. The predicted octanol–water partition coefficient (Wildman–Crippen LogP) is 4.97. The number of carbonyl (C=O) groups is 1. The lowest BCUT2D eigenvalue weighted by Crippen LogP contribution is -2.25. The van der Waals surface area contributed by atoms with Gasteiger partial charge in [0.15, 0.2) is 5.58 Å². The summed E-state index contributed by atoms with van der Waals surface area (Å²) in [6.45, 7) is 0. The van der Waals surface area contributed by atoms with Gasteiger partial charge in [-0.25, -0.2) is 19.3 Å². The Morgan fingerprint density at radius 3 is 2.62 bits per heavy atom. The van der Waals surface area contributed by atoms with Gasteiger partial charge in [0.1, 0.15) is 11.9 Å². The summed E-state index contributed by atoms with van der Waals surface area (Å²) in [5, 5.41) is 11.8. The highest BCUT2D eigenvalue weighted by Gasteiger charge is 2.24. The molecule has 0 aliphatic heterocycles. The number of aromatic nitrogens is 4. The molecule has 174 valence electrons. The standard InChI is InChI=1S/C24H22FN5O4/c25-18-11-15(5-8-19(18)29-24-30-22-20(34-24)2-1-9-26-22)16-12-27-23(28-13-16)33-17-6-3-14(4-7-17)10-21(31)32/h1-2,5,8-9,11-14,17H,3-4,6-7,10H2,(H,31,32)(H,26,29,30). The van der Waals surface area contributed by atoms with Crippen LogP contribution in [0.2, 0.25) is 0 Å². The number of nitrogens with one attached hydrogen (secondary N) is 1. The second kappa shape index (κ2) is 9.42. The molecule has 5 rings (SSSR count). The van der Waals surface area contributed by atoms with Gasteiger partial charge in [-0.15, -0.1) is 0 Å². The molecule has 2 N–H and O–H groups in total. The third kappa shape index (κ3) is 4.95. The maximum Gasteiger partial charge on any atom is 0.316 e. The number of rotatable bonds is 7. The first-order chi connectivity index (χ1) is 16.5. The summed E-state index contributed by atoms with van der Waals surface area (Å²) in [7, 11) is 0. The fourth-order valence-electron chi connectivity index (χ4n) is 4.11. The quantitative estimate of drug-likeness (QED) is 0.391. The van der Waals surface area contributed by atoms with Crippen molar-refractivity contribution in [2.75, 3.05) is 5.32 Å². The second-order valence-corrected chi connectivity index (χ2v) is 8.28. The number of hydrogen-bond acceptors (Lipinski definition) is 8. The first-order valence-electron chi connectivity index (χ1n) is 11.0. The number of hydrogen-bond donors (Lipinski definition) is 2. The van der Waals surface area contributed by atoms with Crippen molar-refractivity contribution in [3.63, 3.8) is 0 Å². The molecule has 0 saturated heterocycles. The number of ether oxygens (including phenoxy) is 1. The summed E-state index contributed by atoms with van der Waals surface area (Å²) >= 11 is 0. The average molecular weight is 463 g/mol. The molecular weight excluding hydrogens is 441 g/mol. The van der Waals surface area contributed by atoms with E-state index in [4.69, 9.17) is 14.3 Å². The fourth-order valence-corrected chi connectivity index (χ4v) is 4.11. The highest BCUT2D eigenvalue weighted by molar-refractivity contribution is 5.72. The molecule has 0 bridgehead atoms. The number of anilines is 2. The average Bonchev–Trinajstić information content (AvgIpc) is 3.24. The minimum Gasteiger partial charge on any atom is -0.481 e. The molecule has 1 aromatic carbocycles. The molecule has 10 heteroatoms. The lowest BCUT2D eigenvalue weighted by molar-refractivity contribution is -0.138. The van der Waals surface area contributed by atoms with Gasteiger partial charge < -0.3 is 19.6 Å². The number of benzene rings is 1. The molecule has 0 unspecified atom stereocenters. The molecule has 1 fully saturated rings. The van der Waals surface area contributed by atoms with Crippen molar-refractivity contribution in [2.45, 2.75) is 38.2 Å². The molecular formula is C24H22FN5O4. The maximum absolute atomic E-state index is 14.7. The topological polar surface area (TPSA) is 123 Å². The van der Waals surface area contributed by atoms with Crippen LogP contribution in [0.4, 0.5) is 16.1 Å². The molecule has 0 radical (unpaired) electrons. The molecule has 0 spiro atoms. The lowest BCUT2D eigenvalue weighted by Gasteiger charge is -2.27. The number of oxazole rings is 1. The SMILES string of the molecule is O=C(O)CC1CCC(Oc2ncc(-c3ccc(Nc4nc5ncccc5o4)c(F)c3)cn2)CC1. The van der Waals surface area contributed by atoms with Crippen LogP contribution < -0.4 is 10.1 Å². The van der Waals surface area contributed by atoms with Gasteiger partial charge in [-0.1, -0.05) is 6.07 Å². The van der Waals surface area contributed by atoms with E-state index in [-0.39, 0.29) is 36.2 Å². The van der Waals surface area contributed by atoms with Crippen molar-refractivity contribution in [2.24, 2.45) is 5.92 Å². The van der Waals surface area contributed by atoms with Crippen molar-refractivity contribution < 1.29 is 23.4 Å². The Hall–Kier alpha value is -4.08. The van der Waals surface area contributed by atoms with Crippen LogP contribution in [0.1, 0.15) is 32.1 Å². The Kier molecular flexibility index (Phi) is 6.03. The van der Waals surface area contributed by atoms with Crippen molar-refractivity contribution in [3.8, 4) is 17.1 Å². The first kappa shape index (κ1) is 21.7. The summed E-state index contributed by atoms with van der Waals surface area (Å²) < 4.78 is 26.1. The Morgan fingerprint density at radius 1 is 1.12 bits per heavy atom. The summed E-state index contributed by atoms with van der Waals surface area (Å²) in [5.74, 6) is -1.04. The fraction of sp³-hybridized carbons (Fsp3) is 0.292. The lowest BCUT2D eigenvalue weighted by atomic mass is 9.85. The smallest absolute Gasteiger partial charge is 0.316 e. The predicted molar refractivity (Wildman–Crippen MR) is 121 cm³/mol. The van der Waals surface area contributed by atoms with Gasteiger partial charge >= 0.3 is 18.0 Å². The van der Waals surface area contributed by atoms with Crippen LogP contribution in [-0.4, -0.2) is 37.1 Å². The highest BCUT2D eigenvalue weighted by atomic mass is 19.1. The van der Waals surface area contributed by atoms with Crippen LogP contribution in [0.25, 0.3) is 22.4 Å². The number of halogens is 1. The van der Waals surface area contributed by atoms with Crippen molar-refractivity contribution in [1.29, 1.82) is 0 Å². The van der Waals surface area contributed by atoms with E-state index in [0.717, 1.165) is 25.7 Å². The van der Waals surface area contributed by atoms with E-state index >= 15 is 0 Å². The zero-order valence-electron chi connectivity index (χ0n) is 18.1. The van der Waals surface area contributed by atoms with E-state index < -0.39 is 11.8 Å². The number of nitrogens with zero attached hydrogens (tertiary/aromatic N) is 4. The van der Waals surface area contributed by atoms with Crippen LogP contribution in [0.15, 0.2) is 53.3 Å². The normalized spacial score (nSPS) is 18.0. The Labute approximate surface area is 194 Å². The van der Waals surface area contributed by atoms with E-state index in [2.05, 4.69) is 25.3 Å². The van der Waals surface area contributed by atoms with E-state index in [9.17, 15) is 9.18 Å². The molecule has 3 aromatic heterocycles. The zero-order valence-corrected chi connectivity index (χ0v) is 18.1. The number of pyridine rings is 1. The number of carboxylic acid groups (broad SMARTS) is 1. The number of aliphatic carboxylic acids is 1. The minimum absolute atomic E-state index is 0.0271. The number of fused-ring (bicyclic) bond motifs is 1. The molecule has 4 aromatic rings. The summed E-state index contributed by atoms with van der Waals surface area (Å²) in [4.78, 5) is 27.7. The third-order valence-corrected chi connectivity index (χ3v) is 5.87. The van der Waals surface area contributed by atoms with Gasteiger partial charge in [-0.05, 0) is 61.4 Å². The Balaban J connectivity index is 1.21. The Bertz CT molecular complexity index is 1270. The van der Waals surface area contributed by atoms with Crippen LogP contribution in [0, 0.1) is 11.7 Å². The van der Waals surface area contributed by atoms with Gasteiger partial charge in [-0.3, -0.25) is 4.79 Å². The largest absolute Gasteiger partial charge is 0.481 e. The molecule has 0 atom stereocenters. The molecule has 9 nitrogen and oxygen atoms in total. The monoisotopic (exact) mass is 463 g/mol. The minimum atomic E-state index is -0.757. The molecule has 1 aliphatic carbocycles. The molecule has 1 aliphatic rings. The highest BCUT2D eigenvalue weighted by Crippen LogP contribution is 2.30. The third-order valence-electron chi connectivity index (χ3n) is 5.87. The number of carboxylic acids is 1. The van der Waals surface area contributed by atoms with Gasteiger partial charge in [0, 0.05) is 30.6 Å². The van der Waals surface area contributed by atoms with Crippen molar-refractivity contribution >= 4 is 28.9 Å². The van der Waals surface area contributed by atoms with Crippen molar-refractivity contribution in [1.82, 2.24) is 19.9 Å². The van der Waals surface area contributed by atoms with Gasteiger partial charge in [0.25, 0.3) is 0 Å². The maximum atomic E-state index is 14.7. The summed E-state index contributed by atoms with van der Waals surface area (Å²) in [5.41, 5.74) is 2.43. The van der Waals surface area contributed by atoms with Crippen molar-refractivity contribution in [3.05, 3.63) is 54.7 Å². The van der Waals surface area contributed by atoms with Gasteiger partial charge in [0.2, 0.25) is 5.65 Å². The van der Waals surface area contributed by atoms with E-state index in [1.54, 1.807) is 42.9 Å². The van der Waals surface area contributed by atoms with E-state index in [1.807, 2.05) is 0 Å².